The summed E-state index contributed by atoms with van der Waals surface area (Å²) in [5.41, 5.74) is 3.60. The first kappa shape index (κ1) is 12.1. The number of hydrogen-bond acceptors (Lipinski definition) is 2. The van der Waals surface area contributed by atoms with Crippen LogP contribution in [0.2, 0.25) is 5.02 Å². The lowest BCUT2D eigenvalue weighted by Crippen LogP contribution is -2.13. The van der Waals surface area contributed by atoms with Gasteiger partial charge in [0.25, 0.3) is 0 Å². The van der Waals surface area contributed by atoms with Gasteiger partial charge in [-0.2, -0.15) is 0 Å². The smallest absolute Gasteiger partial charge is 0.0450 e. The van der Waals surface area contributed by atoms with E-state index in [0.717, 1.165) is 23.7 Å². The Morgan fingerprint density at radius 2 is 1.88 bits per heavy atom. The second kappa shape index (κ2) is 5.80. The molecule has 0 spiro atoms. The van der Waals surface area contributed by atoms with Crippen LogP contribution in [-0.2, 0) is 13.1 Å². The third-order valence-corrected chi connectivity index (χ3v) is 3.10. The van der Waals surface area contributed by atoms with E-state index in [0.29, 0.717) is 0 Å². The van der Waals surface area contributed by atoms with Crippen LogP contribution in [0.4, 0.5) is 0 Å². The minimum absolute atomic E-state index is 0.772. The van der Waals surface area contributed by atoms with Crippen molar-refractivity contribution < 1.29 is 0 Å². The third-order valence-electron chi connectivity index (χ3n) is 2.74. The summed E-state index contributed by atoms with van der Waals surface area (Å²) in [6, 6.07) is 9.90. The fraction of sp³-hybridized carbons (Fsp3) is 0.214. The Bertz CT molecular complexity index is 452. The van der Waals surface area contributed by atoms with Gasteiger partial charge in [0.05, 0.1) is 0 Å². The van der Waals surface area contributed by atoms with Crippen molar-refractivity contribution >= 4 is 11.6 Å². The molecule has 0 saturated heterocycles. The van der Waals surface area contributed by atoms with Crippen molar-refractivity contribution in [2.75, 3.05) is 0 Å². The fourth-order valence-electron chi connectivity index (χ4n) is 1.66. The Kier molecular flexibility index (Phi) is 4.13. The average Bonchev–Trinajstić information content (AvgIpc) is 2.34. The zero-order valence-corrected chi connectivity index (χ0v) is 10.5. The molecule has 1 aromatic carbocycles. The zero-order valence-electron chi connectivity index (χ0n) is 9.78. The summed E-state index contributed by atoms with van der Waals surface area (Å²) in [6.45, 7) is 3.67. The molecule has 0 aliphatic rings. The van der Waals surface area contributed by atoms with Gasteiger partial charge in [-0.25, -0.2) is 0 Å². The molecule has 0 aliphatic carbocycles. The summed E-state index contributed by atoms with van der Waals surface area (Å²) in [4.78, 5) is 4.12. The lowest BCUT2D eigenvalue weighted by molar-refractivity contribution is 0.688. The molecule has 2 nitrogen and oxygen atoms in total. The van der Waals surface area contributed by atoms with E-state index in [9.17, 15) is 0 Å². The van der Waals surface area contributed by atoms with Crippen LogP contribution in [0.3, 0.4) is 0 Å². The van der Waals surface area contributed by atoms with E-state index >= 15 is 0 Å². The molecule has 17 heavy (non-hydrogen) atoms. The molecular weight excluding hydrogens is 232 g/mol. The maximum atomic E-state index is 6.08. The molecule has 3 heteroatoms. The van der Waals surface area contributed by atoms with Gasteiger partial charge in [-0.1, -0.05) is 29.8 Å². The van der Waals surface area contributed by atoms with Gasteiger partial charge < -0.3 is 5.32 Å². The van der Waals surface area contributed by atoms with Crippen LogP contribution < -0.4 is 5.32 Å². The highest BCUT2D eigenvalue weighted by atomic mass is 35.5. The van der Waals surface area contributed by atoms with E-state index in [1.165, 1.54) is 11.1 Å². The molecule has 0 aliphatic heterocycles. The van der Waals surface area contributed by atoms with Crippen LogP contribution in [-0.4, -0.2) is 4.98 Å². The lowest BCUT2D eigenvalue weighted by atomic mass is 10.1. The predicted octanol–water partition coefficient (Wildman–Crippen LogP) is 3.33. The first-order valence-electron chi connectivity index (χ1n) is 5.61. The van der Waals surface area contributed by atoms with Crippen LogP contribution >= 0.6 is 11.6 Å². The summed E-state index contributed by atoms with van der Waals surface area (Å²) < 4.78 is 0. The Morgan fingerprint density at radius 1 is 1.12 bits per heavy atom. The summed E-state index contributed by atoms with van der Waals surface area (Å²) in [5.74, 6) is 0. The molecule has 1 N–H and O–H groups in total. The van der Waals surface area contributed by atoms with Gasteiger partial charge in [0.15, 0.2) is 0 Å². The van der Waals surface area contributed by atoms with Crippen molar-refractivity contribution in [3.05, 3.63) is 64.4 Å². The van der Waals surface area contributed by atoms with Crippen molar-refractivity contribution in [1.82, 2.24) is 10.3 Å². The van der Waals surface area contributed by atoms with Gasteiger partial charge in [0.1, 0.15) is 0 Å². The number of halogens is 1. The van der Waals surface area contributed by atoms with Crippen LogP contribution in [0.25, 0.3) is 0 Å². The van der Waals surface area contributed by atoms with E-state index in [1.807, 2.05) is 42.7 Å². The van der Waals surface area contributed by atoms with Gasteiger partial charge >= 0.3 is 0 Å². The molecule has 88 valence electrons. The van der Waals surface area contributed by atoms with Crippen molar-refractivity contribution in [2.24, 2.45) is 0 Å². The van der Waals surface area contributed by atoms with Crippen LogP contribution in [0, 0.1) is 6.92 Å². The van der Waals surface area contributed by atoms with Gasteiger partial charge in [-0.15, -0.1) is 0 Å². The first-order chi connectivity index (χ1) is 8.27. The number of aromatic nitrogens is 1. The van der Waals surface area contributed by atoms with Crippen LogP contribution in [0.5, 0.6) is 0 Å². The quantitative estimate of drug-likeness (QED) is 0.895. The molecule has 0 atom stereocenters. The SMILES string of the molecule is Cc1ccncc1CNCc1ccccc1Cl. The summed E-state index contributed by atoms with van der Waals surface area (Å²) in [6.07, 6.45) is 3.71. The molecule has 1 heterocycles. The standard InChI is InChI=1S/C14H15ClN2/c1-11-6-7-16-9-13(11)10-17-8-12-4-2-3-5-14(12)15/h2-7,9,17H,8,10H2,1H3. The predicted molar refractivity (Wildman–Crippen MR) is 71.0 cm³/mol. The molecule has 0 radical (unpaired) electrons. The summed E-state index contributed by atoms with van der Waals surface area (Å²) in [5, 5.41) is 4.18. The van der Waals surface area contributed by atoms with E-state index in [-0.39, 0.29) is 0 Å². The van der Waals surface area contributed by atoms with Crippen LogP contribution in [0.1, 0.15) is 16.7 Å². The van der Waals surface area contributed by atoms with Crippen molar-refractivity contribution in [1.29, 1.82) is 0 Å². The largest absolute Gasteiger partial charge is 0.308 e. The van der Waals surface area contributed by atoms with E-state index in [2.05, 4.69) is 17.2 Å². The van der Waals surface area contributed by atoms with Gasteiger partial charge in [-0.3, -0.25) is 4.98 Å². The van der Waals surface area contributed by atoms with Crippen molar-refractivity contribution in [2.45, 2.75) is 20.0 Å². The highest BCUT2D eigenvalue weighted by molar-refractivity contribution is 6.31. The second-order valence-electron chi connectivity index (χ2n) is 4.00. The number of aryl methyl sites for hydroxylation is 1. The maximum absolute atomic E-state index is 6.08. The minimum atomic E-state index is 0.772. The second-order valence-corrected chi connectivity index (χ2v) is 4.40. The number of nitrogens with one attached hydrogen (secondary N) is 1. The monoisotopic (exact) mass is 246 g/mol. The Morgan fingerprint density at radius 3 is 2.65 bits per heavy atom. The fourth-order valence-corrected chi connectivity index (χ4v) is 1.86. The lowest BCUT2D eigenvalue weighted by Gasteiger charge is -2.08. The molecule has 0 amide bonds. The van der Waals surface area contributed by atoms with E-state index in [4.69, 9.17) is 11.6 Å². The minimum Gasteiger partial charge on any atom is -0.308 e. The molecule has 1 aromatic heterocycles. The van der Waals surface area contributed by atoms with Gasteiger partial charge in [-0.05, 0) is 35.7 Å². The molecule has 2 rings (SSSR count). The summed E-state index contributed by atoms with van der Waals surface area (Å²) in [7, 11) is 0. The van der Waals surface area contributed by atoms with E-state index in [1.54, 1.807) is 0 Å². The molecule has 0 saturated carbocycles. The van der Waals surface area contributed by atoms with Gasteiger partial charge in [0, 0.05) is 30.5 Å². The van der Waals surface area contributed by atoms with Gasteiger partial charge in [0.2, 0.25) is 0 Å². The number of benzene rings is 1. The number of pyridine rings is 1. The third kappa shape index (κ3) is 3.29. The average molecular weight is 247 g/mol. The number of rotatable bonds is 4. The maximum Gasteiger partial charge on any atom is 0.0450 e. The van der Waals surface area contributed by atoms with Crippen molar-refractivity contribution in [3.8, 4) is 0 Å². The molecular formula is C14H15ClN2. The summed E-state index contributed by atoms with van der Waals surface area (Å²) >= 11 is 6.08. The first-order valence-corrected chi connectivity index (χ1v) is 5.99. The zero-order chi connectivity index (χ0) is 12.1. The van der Waals surface area contributed by atoms with E-state index < -0.39 is 0 Å². The highest BCUT2D eigenvalue weighted by Gasteiger charge is 2.00. The Balaban J connectivity index is 1.93. The molecule has 0 bridgehead atoms. The number of nitrogens with zero attached hydrogens (tertiary/aromatic N) is 1. The normalized spacial score (nSPS) is 10.5. The Hall–Kier alpha value is -1.38. The molecule has 0 fully saturated rings. The number of hydrogen-bond donors (Lipinski definition) is 1. The Labute approximate surface area is 107 Å². The highest BCUT2D eigenvalue weighted by Crippen LogP contribution is 2.14. The van der Waals surface area contributed by atoms with Crippen molar-refractivity contribution in [3.63, 3.8) is 0 Å². The molecule has 0 unspecified atom stereocenters. The van der Waals surface area contributed by atoms with Crippen LogP contribution in [0.15, 0.2) is 42.7 Å². The molecule has 2 aromatic rings. The topological polar surface area (TPSA) is 24.9 Å².